The van der Waals surface area contributed by atoms with Gasteiger partial charge in [0.05, 0.1) is 6.04 Å². The van der Waals surface area contributed by atoms with E-state index in [1.54, 1.807) is 6.92 Å². The van der Waals surface area contributed by atoms with Crippen molar-refractivity contribution in [3.05, 3.63) is 46.7 Å². The molecule has 2 aromatic heterocycles. The van der Waals surface area contributed by atoms with Crippen LogP contribution in [0.4, 0.5) is 9.93 Å². The van der Waals surface area contributed by atoms with E-state index in [9.17, 15) is 4.79 Å². The van der Waals surface area contributed by atoms with Gasteiger partial charge in [0.25, 0.3) is 0 Å². The Kier molecular flexibility index (Phi) is 5.06. The highest BCUT2D eigenvalue weighted by molar-refractivity contribution is 7.15. The summed E-state index contributed by atoms with van der Waals surface area (Å²) < 4.78 is 0. The lowest BCUT2D eigenvalue weighted by molar-refractivity contribution is 0.249. The van der Waals surface area contributed by atoms with E-state index in [0.29, 0.717) is 11.0 Å². The molecule has 3 rings (SSSR count). The number of H-pyrrole nitrogens is 1. The molecule has 9 nitrogen and oxygen atoms in total. The number of amides is 2. The van der Waals surface area contributed by atoms with Crippen molar-refractivity contribution >= 4 is 22.5 Å². The Labute approximate surface area is 141 Å². The molecule has 3 aromatic rings. The van der Waals surface area contributed by atoms with Crippen molar-refractivity contribution in [3.8, 4) is 0 Å². The molecular formula is C14H16N8OS. The first-order valence-electron chi connectivity index (χ1n) is 7.38. The van der Waals surface area contributed by atoms with Crippen molar-refractivity contribution in [2.75, 3.05) is 5.32 Å². The van der Waals surface area contributed by atoms with Crippen LogP contribution in [0.5, 0.6) is 0 Å². The summed E-state index contributed by atoms with van der Waals surface area (Å²) in [5.41, 5.74) is 1.24. The monoisotopic (exact) mass is 344 g/mol. The molecule has 2 heterocycles. The smallest absolute Gasteiger partial charge is 0.321 e. The minimum Gasteiger partial charge on any atom is -0.328 e. The molecule has 0 unspecified atom stereocenters. The average Bonchev–Trinajstić information content (AvgIpc) is 3.25. The minimum atomic E-state index is -0.391. The molecule has 1 atom stereocenters. The molecule has 24 heavy (non-hydrogen) atoms. The molecular weight excluding hydrogens is 328 g/mol. The Morgan fingerprint density at radius 3 is 2.79 bits per heavy atom. The van der Waals surface area contributed by atoms with Gasteiger partial charge in [-0.2, -0.15) is 5.21 Å². The average molecular weight is 344 g/mol. The van der Waals surface area contributed by atoms with Crippen LogP contribution in [0.15, 0.2) is 30.3 Å². The number of hydrogen-bond donors (Lipinski definition) is 3. The SMILES string of the molecule is C[C@@H](NC(=O)Nc1nnc(CCc2ccccc2)s1)c1nn[nH]n1. The second kappa shape index (κ2) is 7.59. The summed E-state index contributed by atoms with van der Waals surface area (Å²) >= 11 is 1.36. The molecule has 3 N–H and O–H groups in total. The zero-order valence-corrected chi connectivity index (χ0v) is 13.7. The number of benzene rings is 1. The van der Waals surface area contributed by atoms with Crippen molar-refractivity contribution in [1.29, 1.82) is 0 Å². The third-order valence-corrected chi connectivity index (χ3v) is 4.15. The first-order valence-corrected chi connectivity index (χ1v) is 8.19. The van der Waals surface area contributed by atoms with E-state index in [4.69, 9.17) is 0 Å². The Hall–Kier alpha value is -2.88. The van der Waals surface area contributed by atoms with Crippen LogP contribution >= 0.6 is 11.3 Å². The van der Waals surface area contributed by atoms with Crippen LogP contribution in [0.3, 0.4) is 0 Å². The summed E-state index contributed by atoms with van der Waals surface area (Å²) in [5.74, 6) is 0.408. The van der Waals surface area contributed by atoms with Crippen LogP contribution in [0.1, 0.15) is 29.4 Å². The molecule has 1 aromatic carbocycles. The lowest BCUT2D eigenvalue weighted by Gasteiger charge is -2.09. The predicted molar refractivity (Wildman–Crippen MR) is 88.5 cm³/mol. The molecule has 0 aliphatic heterocycles. The normalized spacial score (nSPS) is 11.9. The maximum absolute atomic E-state index is 11.9. The zero-order valence-electron chi connectivity index (χ0n) is 12.9. The van der Waals surface area contributed by atoms with E-state index >= 15 is 0 Å². The fourth-order valence-corrected chi connectivity index (χ4v) is 2.78. The number of aryl methyl sites for hydroxylation is 2. The number of nitrogens with one attached hydrogen (secondary N) is 3. The van der Waals surface area contributed by atoms with Crippen LogP contribution in [0, 0.1) is 0 Å². The molecule has 124 valence electrons. The summed E-state index contributed by atoms with van der Waals surface area (Å²) in [4.78, 5) is 11.9. The van der Waals surface area contributed by atoms with E-state index < -0.39 is 6.03 Å². The highest BCUT2D eigenvalue weighted by Gasteiger charge is 2.14. The largest absolute Gasteiger partial charge is 0.328 e. The van der Waals surface area contributed by atoms with Gasteiger partial charge in [0.1, 0.15) is 5.01 Å². The molecule has 0 aliphatic rings. The summed E-state index contributed by atoms with van der Waals surface area (Å²) in [6.07, 6.45) is 1.67. The van der Waals surface area contributed by atoms with Gasteiger partial charge < -0.3 is 5.32 Å². The van der Waals surface area contributed by atoms with Gasteiger partial charge in [-0.1, -0.05) is 46.9 Å². The number of rotatable bonds is 6. The lowest BCUT2D eigenvalue weighted by Crippen LogP contribution is -2.31. The molecule has 0 saturated heterocycles. The number of aromatic amines is 1. The van der Waals surface area contributed by atoms with Crippen LogP contribution < -0.4 is 10.6 Å². The van der Waals surface area contributed by atoms with E-state index in [2.05, 4.69) is 53.6 Å². The number of tetrazole rings is 1. The number of anilines is 1. The van der Waals surface area contributed by atoms with Gasteiger partial charge in [-0.3, -0.25) is 5.32 Å². The summed E-state index contributed by atoms with van der Waals surface area (Å²) in [6.45, 7) is 1.76. The van der Waals surface area contributed by atoms with Gasteiger partial charge >= 0.3 is 6.03 Å². The van der Waals surface area contributed by atoms with E-state index in [-0.39, 0.29) is 6.04 Å². The fraction of sp³-hybridized carbons (Fsp3) is 0.286. The quantitative estimate of drug-likeness (QED) is 0.626. The van der Waals surface area contributed by atoms with Crippen LogP contribution in [-0.4, -0.2) is 36.9 Å². The number of urea groups is 1. The second-order valence-electron chi connectivity index (χ2n) is 5.08. The molecule has 0 spiro atoms. The fourth-order valence-electron chi connectivity index (χ4n) is 2.05. The van der Waals surface area contributed by atoms with Gasteiger partial charge in [-0.05, 0) is 18.9 Å². The second-order valence-corrected chi connectivity index (χ2v) is 6.14. The number of aromatic nitrogens is 6. The Balaban J connectivity index is 1.49. The number of carbonyl (C=O) groups is 1. The highest BCUT2D eigenvalue weighted by Crippen LogP contribution is 2.17. The zero-order chi connectivity index (χ0) is 16.8. The number of hydrogen-bond acceptors (Lipinski definition) is 7. The first-order chi connectivity index (χ1) is 11.7. The summed E-state index contributed by atoms with van der Waals surface area (Å²) in [5, 5.41) is 28.2. The topological polar surface area (TPSA) is 121 Å². The third kappa shape index (κ3) is 4.32. The third-order valence-electron chi connectivity index (χ3n) is 3.25. The van der Waals surface area contributed by atoms with E-state index in [0.717, 1.165) is 17.8 Å². The van der Waals surface area contributed by atoms with Crippen molar-refractivity contribution in [1.82, 2.24) is 36.1 Å². The maximum Gasteiger partial charge on any atom is 0.321 e. The Bertz CT molecular complexity index is 773. The molecule has 2 amide bonds. The van der Waals surface area contributed by atoms with Gasteiger partial charge in [-0.15, -0.1) is 20.4 Å². The van der Waals surface area contributed by atoms with Gasteiger partial charge in [0.2, 0.25) is 5.13 Å². The van der Waals surface area contributed by atoms with Crippen LogP contribution in [0.25, 0.3) is 0 Å². The summed E-state index contributed by atoms with van der Waals surface area (Å²) in [7, 11) is 0. The van der Waals surface area contributed by atoms with E-state index in [1.807, 2.05) is 18.2 Å². The van der Waals surface area contributed by atoms with Crippen molar-refractivity contribution < 1.29 is 4.79 Å². The molecule has 0 fully saturated rings. The van der Waals surface area contributed by atoms with Crippen LogP contribution in [-0.2, 0) is 12.8 Å². The predicted octanol–water partition coefficient (Wildman–Crippen LogP) is 1.72. The standard InChI is InChI=1S/C14H16N8OS/c1-9(12-18-21-22-19-12)15-13(23)16-14-20-17-11(24-14)8-7-10-5-3-2-4-6-10/h2-6,9H,7-8H2,1H3,(H2,15,16,20,23)(H,18,19,21,22)/t9-/m1/s1. The molecule has 0 saturated carbocycles. The molecule has 0 aliphatic carbocycles. The van der Waals surface area contributed by atoms with Crippen molar-refractivity contribution in [3.63, 3.8) is 0 Å². The highest BCUT2D eigenvalue weighted by atomic mass is 32.1. The van der Waals surface area contributed by atoms with Crippen LogP contribution in [0.2, 0.25) is 0 Å². The molecule has 10 heteroatoms. The minimum absolute atomic E-state index is 0.366. The first kappa shape index (κ1) is 16.0. The summed E-state index contributed by atoms with van der Waals surface area (Å²) in [6, 6.07) is 9.41. The van der Waals surface area contributed by atoms with Gasteiger partial charge in [0.15, 0.2) is 5.82 Å². The van der Waals surface area contributed by atoms with Gasteiger partial charge in [-0.25, -0.2) is 4.79 Å². The molecule has 0 bridgehead atoms. The molecule has 0 radical (unpaired) electrons. The van der Waals surface area contributed by atoms with Gasteiger partial charge in [0, 0.05) is 6.42 Å². The van der Waals surface area contributed by atoms with E-state index in [1.165, 1.54) is 16.9 Å². The Morgan fingerprint density at radius 2 is 2.04 bits per heavy atom. The van der Waals surface area contributed by atoms with Crippen molar-refractivity contribution in [2.45, 2.75) is 25.8 Å². The lowest BCUT2D eigenvalue weighted by atomic mass is 10.1. The number of nitrogens with zero attached hydrogens (tertiary/aromatic N) is 5. The Morgan fingerprint density at radius 1 is 1.21 bits per heavy atom. The maximum atomic E-state index is 11.9. The number of carbonyl (C=O) groups excluding carboxylic acids is 1. The van der Waals surface area contributed by atoms with Crippen molar-refractivity contribution in [2.24, 2.45) is 0 Å².